The molecule has 0 radical (unpaired) electrons. The van der Waals surface area contributed by atoms with Crippen molar-refractivity contribution in [1.82, 2.24) is 5.32 Å². The molecule has 0 saturated carbocycles. The van der Waals surface area contributed by atoms with Crippen LogP contribution in [0.15, 0.2) is 24.3 Å². The maximum absolute atomic E-state index is 5.84. The molecule has 2 rings (SSSR count). The van der Waals surface area contributed by atoms with Gasteiger partial charge >= 0.3 is 0 Å². The van der Waals surface area contributed by atoms with Crippen LogP contribution in [0.2, 0.25) is 0 Å². The Balaban J connectivity index is 2.20. The Kier molecular flexibility index (Phi) is 3.80. The van der Waals surface area contributed by atoms with Crippen LogP contribution in [0, 0.1) is 5.92 Å². The molecule has 2 atom stereocenters. The second kappa shape index (κ2) is 5.32. The number of hydrogen-bond donors (Lipinski definition) is 2. The maximum Gasteiger partial charge on any atom is 0.119 e. The van der Waals surface area contributed by atoms with Crippen molar-refractivity contribution in [3.05, 3.63) is 29.8 Å². The molecule has 1 heterocycles. The smallest absolute Gasteiger partial charge is 0.119 e. The second-order valence-corrected chi connectivity index (χ2v) is 4.37. The van der Waals surface area contributed by atoms with Crippen LogP contribution in [-0.2, 0) is 0 Å². The number of benzene rings is 1. The quantitative estimate of drug-likeness (QED) is 0.808. The van der Waals surface area contributed by atoms with Crippen LogP contribution in [0.3, 0.4) is 0 Å². The van der Waals surface area contributed by atoms with Gasteiger partial charge in [0.25, 0.3) is 0 Å². The van der Waals surface area contributed by atoms with Gasteiger partial charge in [-0.2, -0.15) is 0 Å². The van der Waals surface area contributed by atoms with Gasteiger partial charge in [0.1, 0.15) is 5.75 Å². The van der Waals surface area contributed by atoms with Crippen molar-refractivity contribution in [2.75, 3.05) is 26.7 Å². The summed E-state index contributed by atoms with van der Waals surface area (Å²) >= 11 is 0. The highest BCUT2D eigenvalue weighted by Crippen LogP contribution is 2.30. The van der Waals surface area contributed by atoms with Crippen LogP contribution in [0.4, 0.5) is 0 Å². The molecule has 1 aliphatic rings. The molecule has 0 aliphatic carbocycles. The summed E-state index contributed by atoms with van der Waals surface area (Å²) in [6, 6.07) is 8.33. The van der Waals surface area contributed by atoms with Gasteiger partial charge in [-0.3, -0.25) is 0 Å². The lowest BCUT2D eigenvalue weighted by Gasteiger charge is -2.31. The molecule has 16 heavy (non-hydrogen) atoms. The van der Waals surface area contributed by atoms with E-state index in [0.29, 0.717) is 11.8 Å². The topological polar surface area (TPSA) is 47.3 Å². The second-order valence-electron chi connectivity index (χ2n) is 4.37. The van der Waals surface area contributed by atoms with E-state index in [2.05, 4.69) is 23.5 Å². The molecule has 0 spiro atoms. The normalized spacial score (nSPS) is 25.4. The summed E-state index contributed by atoms with van der Waals surface area (Å²) in [5.41, 5.74) is 7.18. The molecule has 3 heteroatoms. The van der Waals surface area contributed by atoms with Crippen LogP contribution in [0.1, 0.15) is 17.9 Å². The van der Waals surface area contributed by atoms with Gasteiger partial charge in [0.05, 0.1) is 7.11 Å². The van der Waals surface area contributed by atoms with Crippen molar-refractivity contribution in [3.63, 3.8) is 0 Å². The third kappa shape index (κ3) is 2.36. The molecule has 1 aliphatic heterocycles. The average Bonchev–Trinajstić information content (AvgIpc) is 2.38. The van der Waals surface area contributed by atoms with Crippen LogP contribution < -0.4 is 15.8 Å². The van der Waals surface area contributed by atoms with Crippen LogP contribution in [-0.4, -0.2) is 26.7 Å². The van der Waals surface area contributed by atoms with E-state index >= 15 is 0 Å². The van der Waals surface area contributed by atoms with Gasteiger partial charge in [-0.25, -0.2) is 0 Å². The molecule has 3 N–H and O–H groups in total. The van der Waals surface area contributed by atoms with Crippen molar-refractivity contribution in [3.8, 4) is 5.75 Å². The third-order valence-corrected chi connectivity index (χ3v) is 3.45. The Morgan fingerprint density at radius 3 is 3.12 bits per heavy atom. The first-order valence-electron chi connectivity index (χ1n) is 5.90. The SMILES string of the molecule is COc1cccc(C2CNCCC2CN)c1. The fraction of sp³-hybridized carbons (Fsp3) is 0.538. The molecule has 88 valence electrons. The number of piperidine rings is 1. The van der Waals surface area contributed by atoms with E-state index in [1.807, 2.05) is 6.07 Å². The number of methoxy groups -OCH3 is 1. The fourth-order valence-corrected chi connectivity index (χ4v) is 2.46. The zero-order valence-corrected chi connectivity index (χ0v) is 9.78. The zero-order valence-electron chi connectivity index (χ0n) is 9.78. The van der Waals surface area contributed by atoms with E-state index in [4.69, 9.17) is 10.5 Å². The minimum Gasteiger partial charge on any atom is -0.497 e. The largest absolute Gasteiger partial charge is 0.497 e. The van der Waals surface area contributed by atoms with Crippen molar-refractivity contribution in [2.45, 2.75) is 12.3 Å². The molecule has 3 nitrogen and oxygen atoms in total. The molecule has 0 bridgehead atoms. The van der Waals surface area contributed by atoms with Gasteiger partial charge in [-0.1, -0.05) is 12.1 Å². The maximum atomic E-state index is 5.84. The highest BCUT2D eigenvalue weighted by atomic mass is 16.5. The van der Waals surface area contributed by atoms with E-state index in [1.165, 1.54) is 12.0 Å². The molecule has 1 aromatic carbocycles. The first-order valence-corrected chi connectivity index (χ1v) is 5.90. The molecular formula is C13H20N2O. The lowest BCUT2D eigenvalue weighted by atomic mass is 9.81. The van der Waals surface area contributed by atoms with E-state index in [0.717, 1.165) is 25.4 Å². The van der Waals surface area contributed by atoms with Crippen molar-refractivity contribution < 1.29 is 4.74 Å². The molecular weight excluding hydrogens is 200 g/mol. The fourth-order valence-electron chi connectivity index (χ4n) is 2.46. The molecule has 2 unspecified atom stereocenters. The van der Waals surface area contributed by atoms with Gasteiger partial charge in [-0.15, -0.1) is 0 Å². The van der Waals surface area contributed by atoms with E-state index in [1.54, 1.807) is 7.11 Å². The third-order valence-electron chi connectivity index (χ3n) is 3.45. The average molecular weight is 220 g/mol. The van der Waals surface area contributed by atoms with E-state index < -0.39 is 0 Å². The number of nitrogens with two attached hydrogens (primary N) is 1. The highest BCUT2D eigenvalue weighted by Gasteiger charge is 2.25. The number of hydrogen-bond acceptors (Lipinski definition) is 3. The Morgan fingerprint density at radius 1 is 1.50 bits per heavy atom. The molecule has 0 amide bonds. The molecule has 0 aromatic heterocycles. The Labute approximate surface area is 97.0 Å². The summed E-state index contributed by atoms with van der Waals surface area (Å²) < 4.78 is 5.26. The van der Waals surface area contributed by atoms with Gasteiger partial charge in [0.15, 0.2) is 0 Å². The van der Waals surface area contributed by atoms with Crippen LogP contribution in [0.5, 0.6) is 5.75 Å². The van der Waals surface area contributed by atoms with E-state index in [9.17, 15) is 0 Å². The lowest BCUT2D eigenvalue weighted by Crippen LogP contribution is -2.38. The summed E-state index contributed by atoms with van der Waals surface area (Å²) in [4.78, 5) is 0. The summed E-state index contributed by atoms with van der Waals surface area (Å²) in [6.07, 6.45) is 1.17. The zero-order chi connectivity index (χ0) is 11.4. The summed E-state index contributed by atoms with van der Waals surface area (Å²) in [6.45, 7) is 2.88. The number of nitrogens with one attached hydrogen (secondary N) is 1. The highest BCUT2D eigenvalue weighted by molar-refractivity contribution is 5.31. The predicted octanol–water partition coefficient (Wildman–Crippen LogP) is 1.35. The van der Waals surface area contributed by atoms with Crippen molar-refractivity contribution >= 4 is 0 Å². The molecule has 1 saturated heterocycles. The van der Waals surface area contributed by atoms with Gasteiger partial charge in [-0.05, 0) is 43.1 Å². The number of ether oxygens (including phenoxy) is 1. The Bertz CT molecular complexity index is 340. The predicted molar refractivity (Wildman–Crippen MR) is 65.8 cm³/mol. The Morgan fingerprint density at radius 2 is 2.38 bits per heavy atom. The van der Waals surface area contributed by atoms with Gasteiger partial charge < -0.3 is 15.8 Å². The monoisotopic (exact) mass is 220 g/mol. The standard InChI is InChI=1S/C13H20N2O/c1-16-12-4-2-3-10(7-12)13-9-15-6-5-11(13)8-14/h2-4,7,11,13,15H,5-6,8-9,14H2,1H3. The Hall–Kier alpha value is -1.06. The minimum absolute atomic E-state index is 0.522. The van der Waals surface area contributed by atoms with E-state index in [-0.39, 0.29) is 0 Å². The lowest BCUT2D eigenvalue weighted by molar-refractivity contribution is 0.330. The summed E-state index contributed by atoms with van der Waals surface area (Å²) in [5, 5.41) is 3.44. The van der Waals surface area contributed by atoms with Gasteiger partial charge in [0.2, 0.25) is 0 Å². The van der Waals surface area contributed by atoms with Crippen LogP contribution in [0.25, 0.3) is 0 Å². The molecule has 1 aromatic rings. The summed E-state index contributed by atoms with van der Waals surface area (Å²) in [5.74, 6) is 2.04. The number of rotatable bonds is 3. The van der Waals surface area contributed by atoms with Crippen molar-refractivity contribution in [2.24, 2.45) is 11.7 Å². The van der Waals surface area contributed by atoms with Crippen LogP contribution >= 0.6 is 0 Å². The van der Waals surface area contributed by atoms with Gasteiger partial charge in [0, 0.05) is 12.5 Å². The first kappa shape index (κ1) is 11.4. The molecule has 1 fully saturated rings. The minimum atomic E-state index is 0.522. The summed E-state index contributed by atoms with van der Waals surface area (Å²) in [7, 11) is 1.71. The first-order chi connectivity index (χ1) is 7.85. The van der Waals surface area contributed by atoms with Crippen molar-refractivity contribution in [1.29, 1.82) is 0 Å².